The van der Waals surface area contributed by atoms with Crippen LogP contribution in [0, 0.1) is 42.5 Å². The number of sulfone groups is 1. The molecule has 0 radical (unpaired) electrons. The molecular formula is C33H29F4N3O6S. The van der Waals surface area contributed by atoms with Gasteiger partial charge in [0, 0.05) is 29.8 Å². The van der Waals surface area contributed by atoms with E-state index in [1.54, 1.807) is 13.8 Å². The molecule has 9 nitrogen and oxygen atoms in total. The second kappa shape index (κ2) is 11.4. The van der Waals surface area contributed by atoms with E-state index in [1.807, 2.05) is 0 Å². The van der Waals surface area contributed by atoms with E-state index in [2.05, 4.69) is 10.3 Å². The van der Waals surface area contributed by atoms with Crippen molar-refractivity contribution in [2.45, 2.75) is 46.8 Å². The van der Waals surface area contributed by atoms with E-state index in [4.69, 9.17) is 9.15 Å². The van der Waals surface area contributed by atoms with E-state index in [0.29, 0.717) is 0 Å². The minimum Gasteiger partial charge on any atom is -0.506 e. The number of fused-ring (bicyclic) bond motifs is 1. The number of carbonyl (C=O) groups excluding carboxylic acids is 1. The van der Waals surface area contributed by atoms with Gasteiger partial charge in [-0.1, -0.05) is 19.9 Å². The quantitative estimate of drug-likeness (QED) is 0.132. The Morgan fingerprint density at radius 1 is 1.09 bits per heavy atom. The number of para-hydroxylation sites is 1. The molecule has 3 heterocycles. The third-order valence-electron chi connectivity index (χ3n) is 8.03. The minimum atomic E-state index is -4.19. The molecule has 47 heavy (non-hydrogen) atoms. The number of carbonyl (C=O) groups is 1. The molecule has 1 unspecified atom stereocenters. The average Bonchev–Trinajstić information content (AvgIpc) is 3.24. The number of halogens is 4. The predicted octanol–water partition coefficient (Wildman–Crippen LogP) is 7.00. The third-order valence-corrected chi connectivity index (χ3v) is 10.3. The number of amides is 1. The summed E-state index contributed by atoms with van der Waals surface area (Å²) in [5.41, 5.74) is -1.20. The molecule has 1 amide bonds. The number of hydrogen-bond acceptors (Lipinski definition) is 8. The molecule has 2 aliphatic rings. The first-order chi connectivity index (χ1) is 22.1. The number of aromatic hydroxyl groups is 1. The van der Waals surface area contributed by atoms with Crippen molar-refractivity contribution in [2.75, 3.05) is 16.0 Å². The van der Waals surface area contributed by atoms with Crippen LogP contribution in [0.2, 0.25) is 0 Å². The van der Waals surface area contributed by atoms with Crippen molar-refractivity contribution in [3.63, 3.8) is 0 Å². The fourth-order valence-electron chi connectivity index (χ4n) is 6.11. The predicted molar refractivity (Wildman–Crippen MR) is 164 cm³/mol. The Morgan fingerprint density at radius 2 is 1.83 bits per heavy atom. The Kier molecular flexibility index (Phi) is 7.81. The second-order valence-electron chi connectivity index (χ2n) is 12.3. The first-order valence-electron chi connectivity index (χ1n) is 14.4. The first-order valence-corrected chi connectivity index (χ1v) is 16.1. The molecule has 1 atom stereocenters. The summed E-state index contributed by atoms with van der Waals surface area (Å²) in [6.07, 6.45) is 0.179. The molecule has 2 N–H and O–H groups in total. The van der Waals surface area contributed by atoms with Gasteiger partial charge >= 0.3 is 0 Å². The third kappa shape index (κ3) is 5.70. The maximum atomic E-state index is 16.3. The number of aromatic nitrogens is 1. The molecule has 246 valence electrons. The van der Waals surface area contributed by atoms with Crippen molar-refractivity contribution in [1.82, 2.24) is 4.98 Å². The van der Waals surface area contributed by atoms with Gasteiger partial charge in [0.15, 0.2) is 38.9 Å². The summed E-state index contributed by atoms with van der Waals surface area (Å²) in [6.45, 7) is 5.98. The van der Waals surface area contributed by atoms with Crippen molar-refractivity contribution in [3.8, 4) is 11.5 Å². The Balaban J connectivity index is 1.53. The summed E-state index contributed by atoms with van der Waals surface area (Å²) in [7, 11) is -4.19. The van der Waals surface area contributed by atoms with Crippen LogP contribution in [0.1, 0.15) is 59.6 Å². The summed E-state index contributed by atoms with van der Waals surface area (Å²) in [6, 6.07) is 7.87. The van der Waals surface area contributed by atoms with Gasteiger partial charge in [0.05, 0.1) is 16.3 Å². The maximum Gasteiger partial charge on any atom is 0.281 e. The molecule has 0 saturated carbocycles. The molecule has 4 aromatic rings. The molecule has 1 aromatic heterocycles. The Hall–Kier alpha value is -4.85. The highest BCUT2D eigenvalue weighted by Crippen LogP contribution is 2.52. The van der Waals surface area contributed by atoms with Crippen molar-refractivity contribution in [1.29, 1.82) is 0 Å². The number of nitrogens with zero attached hydrogens (tertiary/aromatic N) is 2. The van der Waals surface area contributed by atoms with Crippen LogP contribution in [0.5, 0.6) is 11.5 Å². The number of rotatable bonds is 5. The van der Waals surface area contributed by atoms with Gasteiger partial charge in [-0.15, -0.1) is 0 Å². The zero-order valence-electron chi connectivity index (χ0n) is 25.6. The van der Waals surface area contributed by atoms with Crippen molar-refractivity contribution in [3.05, 3.63) is 111 Å². The van der Waals surface area contributed by atoms with Gasteiger partial charge < -0.3 is 19.6 Å². The zero-order chi connectivity index (χ0) is 34.0. The van der Waals surface area contributed by atoms with E-state index in [1.165, 1.54) is 44.2 Å². The number of anilines is 2. The van der Waals surface area contributed by atoms with Gasteiger partial charge in [-0.05, 0) is 55.2 Å². The smallest absolute Gasteiger partial charge is 0.281 e. The SMILES string of the molecule is Cc1nc(C(=O)N2c3cccc(O)c3NC3=C(C2c2ccc(OCc4ccc(F)c(F)c4F)cc2F)S(=O)(=O)CC(C)(C)C3)c(C)o1. The number of ether oxygens (including phenoxy) is 1. The molecule has 0 saturated heterocycles. The maximum absolute atomic E-state index is 16.3. The van der Waals surface area contributed by atoms with Crippen LogP contribution in [0.15, 0.2) is 63.6 Å². The monoisotopic (exact) mass is 671 g/mol. The lowest BCUT2D eigenvalue weighted by Gasteiger charge is -2.37. The first kappa shape index (κ1) is 32.1. The van der Waals surface area contributed by atoms with Gasteiger partial charge in [0.25, 0.3) is 5.91 Å². The number of allylic oxidation sites excluding steroid dienone is 1. The van der Waals surface area contributed by atoms with Crippen molar-refractivity contribution in [2.24, 2.45) is 5.41 Å². The normalized spacial score (nSPS) is 18.2. The van der Waals surface area contributed by atoms with Crippen LogP contribution in [0.3, 0.4) is 0 Å². The fourth-order valence-corrected chi connectivity index (χ4v) is 8.47. The highest BCUT2D eigenvalue weighted by Gasteiger charge is 2.48. The number of benzene rings is 3. The van der Waals surface area contributed by atoms with E-state index in [9.17, 15) is 31.5 Å². The van der Waals surface area contributed by atoms with Crippen LogP contribution in [0.4, 0.5) is 28.9 Å². The molecule has 0 aliphatic carbocycles. The average molecular weight is 672 g/mol. The van der Waals surface area contributed by atoms with E-state index >= 15 is 4.39 Å². The lowest BCUT2D eigenvalue weighted by molar-refractivity contribution is 0.0974. The summed E-state index contributed by atoms with van der Waals surface area (Å²) >= 11 is 0. The summed E-state index contributed by atoms with van der Waals surface area (Å²) < 4.78 is 96.8. The number of aryl methyl sites for hydroxylation is 2. The van der Waals surface area contributed by atoms with Gasteiger partial charge in [-0.2, -0.15) is 0 Å². The molecule has 0 fully saturated rings. The molecular weight excluding hydrogens is 642 g/mol. The summed E-state index contributed by atoms with van der Waals surface area (Å²) in [4.78, 5) is 19.4. The highest BCUT2D eigenvalue weighted by molar-refractivity contribution is 7.95. The van der Waals surface area contributed by atoms with Crippen molar-refractivity contribution < 1.29 is 45.0 Å². The summed E-state index contributed by atoms with van der Waals surface area (Å²) in [5, 5.41) is 14.0. The Labute approximate surface area is 267 Å². The van der Waals surface area contributed by atoms with Crippen LogP contribution >= 0.6 is 0 Å². The van der Waals surface area contributed by atoms with Crippen LogP contribution < -0.4 is 15.0 Å². The number of oxazole rings is 1. The molecule has 0 spiro atoms. The lowest BCUT2D eigenvalue weighted by Crippen LogP contribution is -2.41. The van der Waals surface area contributed by atoms with Crippen LogP contribution in [-0.4, -0.2) is 30.2 Å². The van der Waals surface area contributed by atoms with Crippen molar-refractivity contribution >= 4 is 27.1 Å². The lowest BCUT2D eigenvalue weighted by atomic mass is 9.88. The minimum absolute atomic E-state index is 0.0375. The number of hydrogen-bond donors (Lipinski definition) is 2. The topological polar surface area (TPSA) is 122 Å². The fraction of sp³-hybridized carbons (Fsp3) is 0.273. The second-order valence-corrected chi connectivity index (χ2v) is 14.2. The molecule has 0 bridgehead atoms. The number of phenolic OH excluding ortho intramolecular Hbond substituents is 1. The van der Waals surface area contributed by atoms with E-state index in [0.717, 1.165) is 23.1 Å². The van der Waals surface area contributed by atoms with E-state index < -0.39 is 57.1 Å². The largest absolute Gasteiger partial charge is 0.506 e. The van der Waals surface area contributed by atoms with E-state index in [-0.39, 0.29) is 74.1 Å². The molecule has 14 heteroatoms. The number of phenols is 1. The molecule has 3 aromatic carbocycles. The zero-order valence-corrected chi connectivity index (χ0v) is 26.4. The van der Waals surface area contributed by atoms with Gasteiger partial charge in [0.2, 0.25) is 0 Å². The number of nitrogens with one attached hydrogen (secondary N) is 1. The van der Waals surface area contributed by atoms with Gasteiger partial charge in [-0.25, -0.2) is 31.0 Å². The standard InChI is InChI=1S/C33H29F4N3O6S/c1-16-28(38-17(2)46-16)32(42)40-24-6-5-7-25(41)29(24)39-23-13-33(3,4)15-47(43,44)31(23)30(40)20-10-9-19(12-22(20)35)45-14-18-8-11-21(34)27(37)26(18)36/h5-12,30,39,41H,13-15H2,1-4H3. The highest BCUT2D eigenvalue weighted by atomic mass is 32.2. The van der Waals surface area contributed by atoms with Gasteiger partial charge in [0.1, 0.15) is 41.4 Å². The Bertz CT molecular complexity index is 2090. The molecule has 6 rings (SSSR count). The summed E-state index contributed by atoms with van der Waals surface area (Å²) in [5.74, 6) is -6.73. The molecule has 2 aliphatic heterocycles. The van der Waals surface area contributed by atoms with Crippen LogP contribution in [-0.2, 0) is 16.4 Å². The van der Waals surface area contributed by atoms with Crippen LogP contribution in [0.25, 0.3) is 0 Å². The van der Waals surface area contributed by atoms with Gasteiger partial charge in [-0.3, -0.25) is 9.69 Å². The Morgan fingerprint density at radius 3 is 2.51 bits per heavy atom.